The first-order chi connectivity index (χ1) is 9.88. The van der Waals surface area contributed by atoms with Crippen LogP contribution >= 0.6 is 12.6 Å². The van der Waals surface area contributed by atoms with Crippen LogP contribution in [0.5, 0.6) is 0 Å². The lowest BCUT2D eigenvalue weighted by Crippen LogP contribution is -2.34. The summed E-state index contributed by atoms with van der Waals surface area (Å²) >= 11 is 4.21. The molecule has 2 atom stereocenters. The molecule has 5 N–H and O–H groups in total. The number of benzene rings is 1. The van der Waals surface area contributed by atoms with Gasteiger partial charge < -0.3 is 26.0 Å². The Morgan fingerprint density at radius 2 is 2.05 bits per heavy atom. The zero-order chi connectivity index (χ0) is 16.0. The van der Waals surface area contributed by atoms with E-state index in [9.17, 15) is 9.90 Å². The molecule has 0 spiro atoms. The normalized spacial score (nSPS) is 13.5. The molecule has 1 rings (SSSR count). The molecule has 0 bridgehead atoms. The molecule has 21 heavy (non-hydrogen) atoms. The van der Waals surface area contributed by atoms with Crippen LogP contribution in [-0.2, 0) is 4.79 Å². The van der Waals surface area contributed by atoms with E-state index in [-0.39, 0.29) is 25.4 Å². The number of nitrogens with two attached hydrogens (primary N) is 1. The van der Waals surface area contributed by atoms with Gasteiger partial charge in [-0.05, 0) is 6.07 Å². The molecule has 0 aliphatic rings. The van der Waals surface area contributed by atoms with E-state index < -0.39 is 17.3 Å². The van der Waals surface area contributed by atoms with Crippen LogP contribution in [0, 0.1) is 0 Å². The van der Waals surface area contributed by atoms with Crippen LogP contribution in [0.25, 0.3) is 0 Å². The van der Waals surface area contributed by atoms with Crippen LogP contribution < -0.4 is 10.6 Å². The number of nitrogens with zero attached hydrogens (tertiary/aromatic N) is 1. The average molecular weight is 312 g/mol. The van der Waals surface area contributed by atoms with Crippen molar-refractivity contribution < 1.29 is 20.1 Å². The number of aliphatic hydroxyl groups excluding tert-OH is 2. The fourth-order valence-electron chi connectivity index (χ4n) is 1.97. The minimum Gasteiger partial charge on any atom is -0.480 e. The molecular weight excluding hydrogens is 292 g/mol. The topological polar surface area (TPSA) is 107 Å². The highest BCUT2D eigenvalue weighted by Crippen LogP contribution is 2.31. The fourth-order valence-corrected chi connectivity index (χ4v) is 2.13. The molecule has 6 nitrogen and oxygen atoms in total. The van der Waals surface area contributed by atoms with Crippen LogP contribution in [0.3, 0.4) is 0 Å². The summed E-state index contributed by atoms with van der Waals surface area (Å²) in [5.74, 6) is -1.03. The van der Waals surface area contributed by atoms with Crippen molar-refractivity contribution in [2.75, 3.05) is 24.6 Å². The molecule has 0 aromatic heterocycles. The quantitative estimate of drug-likeness (QED) is 0.444. The Hall–Kier alpha value is -1.70. The maximum absolute atomic E-state index is 10.9. The Labute approximate surface area is 128 Å². The highest BCUT2D eigenvalue weighted by Gasteiger charge is 2.24. The Kier molecular flexibility index (Phi) is 6.54. The first-order valence-electron chi connectivity index (χ1n) is 6.35. The van der Waals surface area contributed by atoms with Crippen molar-refractivity contribution in [2.45, 2.75) is 11.4 Å². The molecule has 1 aromatic rings. The molecule has 7 heteroatoms. The third kappa shape index (κ3) is 4.66. The van der Waals surface area contributed by atoms with Gasteiger partial charge >= 0.3 is 5.97 Å². The molecule has 0 aliphatic heterocycles. The summed E-state index contributed by atoms with van der Waals surface area (Å²) in [4.78, 5) is 12.4. The van der Waals surface area contributed by atoms with Crippen molar-refractivity contribution in [1.82, 2.24) is 0 Å². The van der Waals surface area contributed by atoms with Crippen LogP contribution in [0.4, 0.5) is 5.69 Å². The fraction of sp³-hybridized carbons (Fsp3) is 0.357. The van der Waals surface area contributed by atoms with E-state index in [1.165, 1.54) is 4.90 Å². The van der Waals surface area contributed by atoms with E-state index >= 15 is 0 Å². The predicted octanol–water partition coefficient (Wildman–Crippen LogP) is 0.374. The van der Waals surface area contributed by atoms with E-state index in [4.69, 9.17) is 15.9 Å². The molecule has 0 fully saturated rings. The van der Waals surface area contributed by atoms with Crippen molar-refractivity contribution in [1.29, 1.82) is 0 Å². The lowest BCUT2D eigenvalue weighted by Gasteiger charge is -2.28. The number of para-hydroxylation sites is 1. The number of hydrogen-bond acceptors (Lipinski definition) is 6. The number of carbonyl (C=O) groups is 1. The summed E-state index contributed by atoms with van der Waals surface area (Å²) in [6, 6.07) is 6.79. The van der Waals surface area contributed by atoms with Gasteiger partial charge in [0, 0.05) is 23.5 Å². The number of hydrogen-bond donors (Lipinski definition) is 5. The smallest absolute Gasteiger partial charge is 0.323 e. The largest absolute Gasteiger partial charge is 0.480 e. The number of carboxylic acids is 1. The van der Waals surface area contributed by atoms with Gasteiger partial charge in [-0.1, -0.05) is 24.8 Å². The third-order valence-corrected chi connectivity index (χ3v) is 3.59. The van der Waals surface area contributed by atoms with Gasteiger partial charge in [0.1, 0.15) is 6.54 Å². The average Bonchev–Trinajstić information content (AvgIpc) is 2.44. The second-order valence-corrected chi connectivity index (χ2v) is 5.12. The zero-order valence-electron chi connectivity index (χ0n) is 11.5. The number of aliphatic carboxylic acids is 1. The number of aliphatic hydroxyl groups is 2. The van der Waals surface area contributed by atoms with E-state index in [0.717, 1.165) is 0 Å². The minimum atomic E-state index is -1.03. The van der Waals surface area contributed by atoms with Crippen LogP contribution in [-0.4, -0.2) is 46.2 Å². The number of carboxylic acid groups (broad SMARTS) is 1. The van der Waals surface area contributed by atoms with Crippen LogP contribution in [0.15, 0.2) is 36.5 Å². The van der Waals surface area contributed by atoms with Crippen molar-refractivity contribution in [3.63, 3.8) is 0 Å². The molecule has 0 heterocycles. The highest BCUT2D eigenvalue weighted by molar-refractivity contribution is 7.81. The van der Waals surface area contributed by atoms with Crippen LogP contribution in [0.2, 0.25) is 0 Å². The molecule has 116 valence electrons. The van der Waals surface area contributed by atoms with Gasteiger partial charge in [-0.2, -0.15) is 12.6 Å². The summed E-state index contributed by atoms with van der Waals surface area (Å²) in [5, 5.41) is 27.7. The summed E-state index contributed by atoms with van der Waals surface area (Å²) < 4.78 is 0. The summed E-state index contributed by atoms with van der Waals surface area (Å²) in [6.07, 6.45) is -1.03. The molecule has 0 saturated heterocycles. The number of anilines is 1. The van der Waals surface area contributed by atoms with Crippen molar-refractivity contribution >= 4 is 24.3 Å². The summed E-state index contributed by atoms with van der Waals surface area (Å²) in [6.45, 7) is 3.20. The second-order valence-electron chi connectivity index (χ2n) is 4.56. The second kappa shape index (κ2) is 7.92. The van der Waals surface area contributed by atoms with Gasteiger partial charge in [0.2, 0.25) is 0 Å². The molecule has 0 amide bonds. The standard InChI is InChI=1S/C14H20N2O4S/c1-9(15)14(21)13(20)10-4-2-3-5-11(10)16(6-7-17)8-12(18)19/h2-5,13-14,17,20-21H,1,6-8,15H2,(H,18,19). The highest BCUT2D eigenvalue weighted by atomic mass is 32.1. The maximum atomic E-state index is 10.9. The first kappa shape index (κ1) is 17.4. The Morgan fingerprint density at radius 3 is 2.57 bits per heavy atom. The third-order valence-electron chi connectivity index (χ3n) is 2.97. The molecule has 0 saturated carbocycles. The minimum absolute atomic E-state index is 0.136. The first-order valence-corrected chi connectivity index (χ1v) is 6.87. The molecule has 0 radical (unpaired) electrons. The Bertz CT molecular complexity index is 510. The van der Waals surface area contributed by atoms with Crippen molar-refractivity contribution in [2.24, 2.45) is 5.73 Å². The van der Waals surface area contributed by atoms with E-state index in [1.54, 1.807) is 24.3 Å². The van der Waals surface area contributed by atoms with Gasteiger partial charge in [-0.3, -0.25) is 4.79 Å². The Morgan fingerprint density at radius 1 is 1.43 bits per heavy atom. The SMILES string of the molecule is C=C(N)C(S)C(O)c1ccccc1N(CCO)CC(=O)O. The van der Waals surface area contributed by atoms with E-state index in [0.29, 0.717) is 11.3 Å². The lowest BCUT2D eigenvalue weighted by molar-refractivity contribution is -0.135. The van der Waals surface area contributed by atoms with Crippen LogP contribution in [0.1, 0.15) is 11.7 Å². The van der Waals surface area contributed by atoms with E-state index in [1.807, 2.05) is 0 Å². The Balaban J connectivity index is 3.16. The maximum Gasteiger partial charge on any atom is 0.323 e. The number of thiol groups is 1. The molecule has 1 aromatic carbocycles. The van der Waals surface area contributed by atoms with Gasteiger partial charge in [-0.25, -0.2) is 0 Å². The van der Waals surface area contributed by atoms with Crippen molar-refractivity contribution in [3.05, 3.63) is 42.1 Å². The molecule has 2 unspecified atom stereocenters. The monoisotopic (exact) mass is 312 g/mol. The number of rotatable bonds is 8. The zero-order valence-corrected chi connectivity index (χ0v) is 12.4. The molecule has 0 aliphatic carbocycles. The lowest BCUT2D eigenvalue weighted by atomic mass is 10.0. The van der Waals surface area contributed by atoms with E-state index in [2.05, 4.69) is 19.2 Å². The summed E-state index contributed by atoms with van der Waals surface area (Å²) in [7, 11) is 0. The van der Waals surface area contributed by atoms with Gasteiger partial charge in [0.25, 0.3) is 0 Å². The van der Waals surface area contributed by atoms with Gasteiger partial charge in [-0.15, -0.1) is 0 Å². The summed E-state index contributed by atoms with van der Waals surface area (Å²) in [5.41, 5.74) is 6.78. The molecular formula is C14H20N2O4S. The van der Waals surface area contributed by atoms with Crippen molar-refractivity contribution in [3.8, 4) is 0 Å². The predicted molar refractivity (Wildman–Crippen MR) is 84.4 cm³/mol. The van der Waals surface area contributed by atoms with Gasteiger partial charge in [0.15, 0.2) is 0 Å². The van der Waals surface area contributed by atoms with Gasteiger partial charge in [0.05, 0.1) is 18.0 Å².